The Kier molecular flexibility index (Phi) is 5.14. The molecule has 160 valence electrons. The van der Waals surface area contributed by atoms with Crippen molar-refractivity contribution in [2.45, 2.75) is 31.8 Å². The minimum Gasteiger partial charge on any atom is -0.345 e. The van der Waals surface area contributed by atoms with Crippen LogP contribution >= 0.6 is 0 Å². The fourth-order valence-corrected chi connectivity index (χ4v) is 3.63. The Morgan fingerprint density at radius 3 is 2.65 bits per heavy atom. The van der Waals surface area contributed by atoms with Gasteiger partial charge in [-0.1, -0.05) is 6.07 Å². The van der Waals surface area contributed by atoms with Crippen LogP contribution in [-0.4, -0.2) is 27.5 Å². The highest BCUT2D eigenvalue weighted by Crippen LogP contribution is 2.21. The summed E-state index contributed by atoms with van der Waals surface area (Å²) >= 11 is 0. The van der Waals surface area contributed by atoms with Gasteiger partial charge in [-0.05, 0) is 37.6 Å². The van der Waals surface area contributed by atoms with Crippen LogP contribution < -0.4 is 16.2 Å². The summed E-state index contributed by atoms with van der Waals surface area (Å²) in [4.78, 5) is 48.7. The maximum absolute atomic E-state index is 14.0. The van der Waals surface area contributed by atoms with Crippen molar-refractivity contribution in [3.05, 3.63) is 69.5 Å². The van der Waals surface area contributed by atoms with Crippen LogP contribution in [0.5, 0.6) is 0 Å². The second-order valence-electron chi connectivity index (χ2n) is 7.38. The van der Waals surface area contributed by atoms with Gasteiger partial charge in [-0.2, -0.15) is 0 Å². The van der Waals surface area contributed by atoms with Gasteiger partial charge in [0.2, 0.25) is 5.91 Å². The summed E-state index contributed by atoms with van der Waals surface area (Å²) in [7, 11) is 0. The SMILES string of the molecule is C[C@H](NC(=O)c1ccc2c(=O)n(C3CCC(=O)NC3=O)[nH]c2c1)c1ccc(F)cc1F. The molecule has 3 aromatic rings. The number of carbonyl (C=O) groups excluding carboxylic acids is 3. The van der Waals surface area contributed by atoms with Gasteiger partial charge in [0, 0.05) is 23.6 Å². The van der Waals surface area contributed by atoms with E-state index >= 15 is 0 Å². The number of rotatable bonds is 4. The molecule has 1 unspecified atom stereocenters. The fourth-order valence-electron chi connectivity index (χ4n) is 3.63. The maximum atomic E-state index is 14.0. The van der Waals surface area contributed by atoms with Gasteiger partial charge in [-0.25, -0.2) is 13.5 Å². The molecule has 31 heavy (non-hydrogen) atoms. The van der Waals surface area contributed by atoms with E-state index in [4.69, 9.17) is 0 Å². The standard InChI is InChI=1S/C21H18F2N4O4/c1-10(13-5-3-12(22)9-15(13)23)24-19(29)11-2-4-14-16(8-11)26-27(21(14)31)17-6-7-18(28)25-20(17)30/h2-5,8-10,17,26H,6-7H2,1H3,(H,24,29)(H,25,28,30)/t10-,17?/m0/s1. The first-order chi connectivity index (χ1) is 14.7. The number of H-pyrrole nitrogens is 1. The van der Waals surface area contributed by atoms with E-state index in [1.165, 1.54) is 24.3 Å². The minimum absolute atomic E-state index is 0.115. The maximum Gasteiger partial charge on any atom is 0.275 e. The van der Waals surface area contributed by atoms with Crippen molar-refractivity contribution in [1.29, 1.82) is 0 Å². The van der Waals surface area contributed by atoms with Gasteiger partial charge >= 0.3 is 0 Å². The smallest absolute Gasteiger partial charge is 0.275 e. The molecule has 1 aromatic heterocycles. The molecule has 0 saturated carbocycles. The summed E-state index contributed by atoms with van der Waals surface area (Å²) in [6, 6.07) is 5.87. The molecule has 3 amide bonds. The molecule has 2 atom stereocenters. The van der Waals surface area contributed by atoms with Gasteiger partial charge in [0.05, 0.1) is 16.9 Å². The molecule has 4 rings (SSSR count). The zero-order valence-electron chi connectivity index (χ0n) is 16.4. The molecular weight excluding hydrogens is 410 g/mol. The number of nitrogens with zero attached hydrogens (tertiary/aromatic N) is 1. The lowest BCUT2D eigenvalue weighted by atomic mass is 10.1. The molecule has 10 heteroatoms. The van der Waals surface area contributed by atoms with Crippen LogP contribution in [0.4, 0.5) is 8.78 Å². The zero-order chi connectivity index (χ0) is 22.3. The van der Waals surface area contributed by atoms with Gasteiger partial charge in [0.1, 0.15) is 17.7 Å². The number of hydrogen-bond acceptors (Lipinski definition) is 4. The predicted octanol–water partition coefficient (Wildman–Crippen LogP) is 2.08. The summed E-state index contributed by atoms with van der Waals surface area (Å²) in [6.45, 7) is 1.56. The van der Waals surface area contributed by atoms with Gasteiger partial charge < -0.3 is 5.32 Å². The van der Waals surface area contributed by atoms with Gasteiger partial charge in [0.15, 0.2) is 0 Å². The lowest BCUT2D eigenvalue weighted by molar-refractivity contribution is -0.136. The highest BCUT2D eigenvalue weighted by Gasteiger charge is 2.30. The Bertz CT molecular complexity index is 1280. The van der Waals surface area contributed by atoms with Crippen LogP contribution in [0.15, 0.2) is 41.2 Å². The van der Waals surface area contributed by atoms with Crippen LogP contribution in [-0.2, 0) is 9.59 Å². The number of benzene rings is 2. The molecule has 0 radical (unpaired) electrons. The second kappa shape index (κ2) is 7.78. The fraction of sp³-hybridized carbons (Fsp3) is 0.238. The second-order valence-corrected chi connectivity index (χ2v) is 7.38. The molecule has 3 N–H and O–H groups in total. The Morgan fingerprint density at radius 2 is 1.94 bits per heavy atom. The van der Waals surface area contributed by atoms with Crippen LogP contribution in [0, 0.1) is 11.6 Å². The lowest BCUT2D eigenvalue weighted by Gasteiger charge is -2.20. The molecule has 1 aliphatic rings. The van der Waals surface area contributed by atoms with E-state index in [1.807, 2.05) is 0 Å². The van der Waals surface area contributed by atoms with E-state index in [-0.39, 0.29) is 29.4 Å². The van der Waals surface area contributed by atoms with E-state index in [2.05, 4.69) is 15.7 Å². The molecule has 2 heterocycles. The van der Waals surface area contributed by atoms with Crippen molar-refractivity contribution in [2.24, 2.45) is 0 Å². The molecule has 1 aliphatic heterocycles. The number of halogens is 2. The first-order valence-corrected chi connectivity index (χ1v) is 9.58. The quantitative estimate of drug-likeness (QED) is 0.552. The van der Waals surface area contributed by atoms with Crippen LogP contribution in [0.25, 0.3) is 10.9 Å². The molecular formula is C21H18F2N4O4. The van der Waals surface area contributed by atoms with Crippen molar-refractivity contribution in [3.63, 3.8) is 0 Å². The van der Waals surface area contributed by atoms with Crippen molar-refractivity contribution < 1.29 is 23.2 Å². The molecule has 8 nitrogen and oxygen atoms in total. The summed E-state index contributed by atoms with van der Waals surface area (Å²) < 4.78 is 28.2. The van der Waals surface area contributed by atoms with Gasteiger partial charge in [0.25, 0.3) is 17.4 Å². The Morgan fingerprint density at radius 1 is 1.16 bits per heavy atom. The Labute approximate surface area is 174 Å². The van der Waals surface area contributed by atoms with E-state index in [0.29, 0.717) is 5.52 Å². The average molecular weight is 428 g/mol. The summed E-state index contributed by atoms with van der Waals surface area (Å²) in [5, 5.41) is 7.93. The third-order valence-corrected chi connectivity index (χ3v) is 5.27. The number of fused-ring (bicyclic) bond motifs is 1. The first kappa shape index (κ1) is 20.5. The molecule has 1 fully saturated rings. The van der Waals surface area contributed by atoms with Gasteiger partial charge in [-0.15, -0.1) is 0 Å². The highest BCUT2D eigenvalue weighted by atomic mass is 19.1. The lowest BCUT2D eigenvalue weighted by Crippen LogP contribution is -2.44. The van der Waals surface area contributed by atoms with E-state index in [1.54, 1.807) is 6.92 Å². The number of carbonyl (C=O) groups is 3. The summed E-state index contributed by atoms with van der Waals surface area (Å²) in [6.07, 6.45) is 0.301. The number of aromatic nitrogens is 2. The van der Waals surface area contributed by atoms with Crippen molar-refractivity contribution in [2.75, 3.05) is 0 Å². The van der Waals surface area contributed by atoms with Crippen molar-refractivity contribution >= 4 is 28.6 Å². The monoisotopic (exact) mass is 428 g/mol. The molecule has 1 saturated heterocycles. The minimum atomic E-state index is -0.851. The third kappa shape index (κ3) is 3.83. The largest absolute Gasteiger partial charge is 0.345 e. The van der Waals surface area contributed by atoms with Crippen molar-refractivity contribution in [1.82, 2.24) is 20.4 Å². The topological polar surface area (TPSA) is 113 Å². The van der Waals surface area contributed by atoms with Crippen LogP contribution in [0.3, 0.4) is 0 Å². The number of imide groups is 1. The summed E-state index contributed by atoms with van der Waals surface area (Å²) in [5.74, 6) is -2.97. The van der Waals surface area contributed by atoms with Gasteiger partial charge in [-0.3, -0.25) is 29.6 Å². The number of hydrogen-bond donors (Lipinski definition) is 3. The number of nitrogens with one attached hydrogen (secondary N) is 3. The van der Waals surface area contributed by atoms with Crippen LogP contribution in [0.2, 0.25) is 0 Å². The predicted molar refractivity (Wildman–Crippen MR) is 106 cm³/mol. The van der Waals surface area contributed by atoms with Crippen molar-refractivity contribution in [3.8, 4) is 0 Å². The zero-order valence-corrected chi connectivity index (χ0v) is 16.4. The van der Waals surface area contributed by atoms with E-state index in [9.17, 15) is 28.0 Å². The summed E-state index contributed by atoms with van der Waals surface area (Å²) in [5.41, 5.74) is 0.230. The average Bonchev–Trinajstić information content (AvgIpc) is 3.03. The Hall–Kier alpha value is -3.82. The van der Waals surface area contributed by atoms with E-state index in [0.717, 1.165) is 16.8 Å². The normalized spacial score (nSPS) is 17.5. The number of aromatic amines is 1. The molecule has 0 spiro atoms. The Balaban J connectivity index is 1.59. The number of amides is 3. The molecule has 0 bridgehead atoms. The first-order valence-electron chi connectivity index (χ1n) is 9.58. The molecule has 0 aliphatic carbocycles. The third-order valence-electron chi connectivity index (χ3n) is 5.27. The van der Waals surface area contributed by atoms with Crippen LogP contribution in [0.1, 0.15) is 47.8 Å². The number of piperidine rings is 1. The molecule has 2 aromatic carbocycles. The van der Waals surface area contributed by atoms with E-state index < -0.39 is 47.0 Å². The highest BCUT2D eigenvalue weighted by molar-refractivity contribution is 6.00.